The smallest absolute Gasteiger partial charge is 0.227 e. The largest absolute Gasteiger partial charge is 0.309 e. The predicted octanol–water partition coefficient (Wildman–Crippen LogP) is 3.82. The van der Waals surface area contributed by atoms with E-state index in [1.54, 1.807) is 13.0 Å². The number of hydrogen-bond acceptors (Lipinski definition) is 2. The highest BCUT2D eigenvalue weighted by Gasteiger charge is 2.31. The van der Waals surface area contributed by atoms with Gasteiger partial charge in [-0.15, -0.1) is 11.6 Å². The summed E-state index contributed by atoms with van der Waals surface area (Å²) in [6.07, 6.45) is 1.33. The number of halogens is 1. The van der Waals surface area contributed by atoms with Gasteiger partial charge >= 0.3 is 0 Å². The van der Waals surface area contributed by atoms with E-state index >= 15 is 0 Å². The molecule has 0 saturated heterocycles. The molecule has 3 nitrogen and oxygen atoms in total. The van der Waals surface area contributed by atoms with E-state index in [1.165, 1.54) is 0 Å². The monoisotopic (exact) mass is 307 g/mol. The lowest BCUT2D eigenvalue weighted by Gasteiger charge is -2.23. The van der Waals surface area contributed by atoms with Crippen molar-refractivity contribution in [1.82, 2.24) is 0 Å². The minimum absolute atomic E-state index is 0.0703. The van der Waals surface area contributed by atoms with Crippen LogP contribution in [-0.4, -0.2) is 23.1 Å². The normalized spacial score (nSPS) is 18.8. The van der Waals surface area contributed by atoms with Crippen LogP contribution in [0.2, 0.25) is 0 Å². The molecule has 0 aliphatic carbocycles. The molecule has 2 rings (SSSR count). The molecular weight excluding hydrogens is 286 g/mol. The Bertz CT molecular complexity index is 566. The molecule has 0 fully saturated rings. The van der Waals surface area contributed by atoms with Crippen molar-refractivity contribution in [1.29, 1.82) is 0 Å². The van der Waals surface area contributed by atoms with E-state index in [2.05, 4.69) is 0 Å². The van der Waals surface area contributed by atoms with Crippen LogP contribution in [0.25, 0.3) is 0 Å². The fourth-order valence-electron chi connectivity index (χ4n) is 2.84. The van der Waals surface area contributed by atoms with Gasteiger partial charge in [-0.2, -0.15) is 0 Å². The maximum absolute atomic E-state index is 12.4. The molecule has 2 unspecified atom stereocenters. The average Bonchev–Trinajstić information content (AvgIpc) is 2.71. The Morgan fingerprint density at radius 3 is 2.57 bits per heavy atom. The van der Waals surface area contributed by atoms with E-state index in [-0.39, 0.29) is 17.7 Å². The van der Waals surface area contributed by atoms with E-state index in [0.717, 1.165) is 17.7 Å². The van der Waals surface area contributed by atoms with E-state index in [1.807, 2.05) is 37.8 Å². The van der Waals surface area contributed by atoms with Crippen molar-refractivity contribution in [2.45, 2.75) is 52.0 Å². The molecule has 1 aromatic carbocycles. The van der Waals surface area contributed by atoms with Crippen LogP contribution in [0.15, 0.2) is 18.2 Å². The number of ketones is 1. The Morgan fingerprint density at radius 2 is 2.00 bits per heavy atom. The summed E-state index contributed by atoms with van der Waals surface area (Å²) in [5.74, 6) is 0.423. The molecule has 0 radical (unpaired) electrons. The first-order valence-corrected chi connectivity index (χ1v) is 7.88. The van der Waals surface area contributed by atoms with E-state index in [9.17, 15) is 9.59 Å². The molecule has 2 atom stereocenters. The quantitative estimate of drug-likeness (QED) is 0.626. The molecular formula is C17H22ClNO2. The lowest BCUT2D eigenvalue weighted by Crippen LogP contribution is -2.36. The number of carbonyl (C=O) groups excluding carboxylic acids is 2. The zero-order valence-electron chi connectivity index (χ0n) is 13.0. The van der Waals surface area contributed by atoms with Gasteiger partial charge in [-0.3, -0.25) is 9.59 Å². The van der Waals surface area contributed by atoms with Crippen LogP contribution in [0.4, 0.5) is 5.69 Å². The van der Waals surface area contributed by atoms with Gasteiger partial charge in [-0.05, 0) is 49.9 Å². The standard InChI is InChI=1S/C17H22ClNO2/c1-10(2)7-16(20)19-11(3)8-14-9-13(5-6-15(14)19)17(21)12(4)18/h5-6,9-12H,7-8H2,1-4H3. The highest BCUT2D eigenvalue weighted by Crippen LogP contribution is 2.34. The number of alkyl halides is 1. The lowest BCUT2D eigenvalue weighted by atomic mass is 10.0. The first-order valence-electron chi connectivity index (χ1n) is 7.44. The molecule has 114 valence electrons. The molecule has 0 aromatic heterocycles. The average molecular weight is 308 g/mol. The number of amides is 1. The molecule has 4 heteroatoms. The van der Waals surface area contributed by atoms with Crippen molar-refractivity contribution in [2.24, 2.45) is 5.92 Å². The third-order valence-corrected chi connectivity index (χ3v) is 3.99. The summed E-state index contributed by atoms with van der Waals surface area (Å²) >= 11 is 5.86. The van der Waals surface area contributed by atoms with Gasteiger partial charge in [0.1, 0.15) is 0 Å². The number of hydrogen-bond donors (Lipinski definition) is 0. The summed E-state index contributed by atoms with van der Waals surface area (Å²) in [5.41, 5.74) is 2.62. The first-order chi connectivity index (χ1) is 9.81. The minimum atomic E-state index is -0.527. The van der Waals surface area contributed by atoms with Crippen molar-refractivity contribution < 1.29 is 9.59 Å². The van der Waals surface area contributed by atoms with Gasteiger partial charge < -0.3 is 4.90 Å². The number of anilines is 1. The second-order valence-electron chi connectivity index (χ2n) is 6.24. The summed E-state index contributed by atoms with van der Waals surface area (Å²) in [4.78, 5) is 26.2. The molecule has 0 spiro atoms. The van der Waals surface area contributed by atoms with Crippen molar-refractivity contribution in [2.75, 3.05) is 4.90 Å². The Balaban J connectivity index is 2.30. The van der Waals surface area contributed by atoms with Crippen LogP contribution in [0, 0.1) is 5.92 Å². The van der Waals surface area contributed by atoms with Gasteiger partial charge in [-0.25, -0.2) is 0 Å². The Labute approximate surface area is 131 Å². The van der Waals surface area contributed by atoms with Gasteiger partial charge in [0.15, 0.2) is 5.78 Å². The number of Topliss-reactive ketones (excluding diaryl/α,β-unsaturated/α-hetero) is 1. The molecule has 0 saturated carbocycles. The molecule has 21 heavy (non-hydrogen) atoms. The SMILES string of the molecule is CC(C)CC(=O)N1c2ccc(C(=O)C(C)Cl)cc2CC1C. The van der Waals surface area contributed by atoms with Gasteiger partial charge in [-0.1, -0.05) is 13.8 Å². The summed E-state index contributed by atoms with van der Waals surface area (Å²) < 4.78 is 0. The van der Waals surface area contributed by atoms with Gasteiger partial charge in [0.25, 0.3) is 0 Å². The lowest BCUT2D eigenvalue weighted by molar-refractivity contribution is -0.119. The molecule has 1 aromatic rings. The minimum Gasteiger partial charge on any atom is -0.309 e. The number of fused-ring (bicyclic) bond motifs is 1. The van der Waals surface area contributed by atoms with Crippen LogP contribution in [0.1, 0.15) is 50.0 Å². The molecule has 0 N–H and O–H groups in total. The number of nitrogens with zero attached hydrogens (tertiary/aromatic N) is 1. The topological polar surface area (TPSA) is 37.4 Å². The molecule has 1 heterocycles. The van der Waals surface area contributed by atoms with Gasteiger partial charge in [0.05, 0.1) is 5.38 Å². The zero-order valence-corrected chi connectivity index (χ0v) is 13.8. The van der Waals surface area contributed by atoms with Crippen LogP contribution >= 0.6 is 11.6 Å². The van der Waals surface area contributed by atoms with Crippen molar-refractivity contribution in [3.8, 4) is 0 Å². The van der Waals surface area contributed by atoms with Gasteiger partial charge in [0.2, 0.25) is 5.91 Å². The van der Waals surface area contributed by atoms with Crippen LogP contribution in [-0.2, 0) is 11.2 Å². The third kappa shape index (κ3) is 3.29. The fraction of sp³-hybridized carbons (Fsp3) is 0.529. The maximum Gasteiger partial charge on any atom is 0.227 e. The molecule has 1 amide bonds. The van der Waals surface area contributed by atoms with Crippen LogP contribution in [0.3, 0.4) is 0 Å². The van der Waals surface area contributed by atoms with Crippen LogP contribution < -0.4 is 4.90 Å². The Morgan fingerprint density at radius 1 is 1.33 bits per heavy atom. The highest BCUT2D eigenvalue weighted by atomic mass is 35.5. The molecule has 1 aliphatic heterocycles. The zero-order chi connectivity index (χ0) is 15.7. The van der Waals surface area contributed by atoms with E-state index in [4.69, 9.17) is 11.6 Å². The van der Waals surface area contributed by atoms with Crippen molar-refractivity contribution in [3.63, 3.8) is 0 Å². The third-order valence-electron chi connectivity index (χ3n) is 3.79. The Hall–Kier alpha value is -1.35. The Kier molecular flexibility index (Phi) is 4.72. The van der Waals surface area contributed by atoms with Crippen molar-refractivity contribution >= 4 is 29.0 Å². The summed E-state index contributed by atoms with van der Waals surface area (Å²) in [7, 11) is 0. The number of benzene rings is 1. The second kappa shape index (κ2) is 6.18. The summed E-state index contributed by atoms with van der Waals surface area (Å²) in [6.45, 7) is 7.81. The fourth-order valence-corrected chi connectivity index (χ4v) is 2.97. The maximum atomic E-state index is 12.4. The van der Waals surface area contributed by atoms with Crippen LogP contribution in [0.5, 0.6) is 0 Å². The van der Waals surface area contributed by atoms with Gasteiger partial charge in [0, 0.05) is 23.7 Å². The summed E-state index contributed by atoms with van der Waals surface area (Å²) in [6, 6.07) is 5.68. The second-order valence-corrected chi connectivity index (χ2v) is 6.89. The number of carbonyl (C=O) groups is 2. The molecule has 0 bridgehead atoms. The number of rotatable bonds is 4. The molecule has 1 aliphatic rings. The highest BCUT2D eigenvalue weighted by molar-refractivity contribution is 6.33. The van der Waals surface area contributed by atoms with E-state index in [0.29, 0.717) is 17.9 Å². The van der Waals surface area contributed by atoms with Crippen molar-refractivity contribution in [3.05, 3.63) is 29.3 Å². The van der Waals surface area contributed by atoms with E-state index < -0.39 is 5.38 Å². The first kappa shape index (κ1) is 16.0. The summed E-state index contributed by atoms with van der Waals surface area (Å²) in [5, 5.41) is -0.527. The predicted molar refractivity (Wildman–Crippen MR) is 86.2 cm³/mol.